The number of aliphatic hydroxyl groups excluding tert-OH is 1. The Hall–Kier alpha value is -2.51. The number of hydrogen-bond donors (Lipinski definition) is 3. The van der Waals surface area contributed by atoms with Crippen LogP contribution in [0.15, 0.2) is 47.6 Å². The largest absolute Gasteiger partial charge is 0.497 e. The summed E-state index contributed by atoms with van der Waals surface area (Å²) in [5.41, 5.74) is 6.18. The molecule has 6 nitrogen and oxygen atoms in total. The molecular weight excluding hydrogens is 326 g/mol. The van der Waals surface area contributed by atoms with Crippen LogP contribution in [0, 0.1) is 0 Å². The number of fused-ring (bicyclic) bond motifs is 2. The summed E-state index contributed by atoms with van der Waals surface area (Å²) >= 11 is 1.36. The SMILES string of the molecule is COc1ccc(C2=NNC3(S2)C(=O)Nc2ccc(CO)cc23)cc1. The molecule has 24 heavy (non-hydrogen) atoms. The van der Waals surface area contributed by atoms with E-state index in [1.54, 1.807) is 19.2 Å². The van der Waals surface area contributed by atoms with E-state index in [1.165, 1.54) is 11.8 Å². The van der Waals surface area contributed by atoms with Crippen molar-refractivity contribution in [1.82, 2.24) is 5.43 Å². The lowest BCUT2D eigenvalue weighted by Gasteiger charge is -2.20. The fourth-order valence-corrected chi connectivity index (χ4v) is 3.96. The molecule has 0 aromatic heterocycles. The highest BCUT2D eigenvalue weighted by Gasteiger charge is 2.52. The third-order valence-corrected chi connectivity index (χ3v) is 5.44. The molecular formula is C17H15N3O3S. The van der Waals surface area contributed by atoms with E-state index in [1.807, 2.05) is 30.3 Å². The Morgan fingerprint density at radius 1 is 1.25 bits per heavy atom. The number of hydrogen-bond acceptors (Lipinski definition) is 6. The number of carbonyl (C=O) groups excluding carboxylic acids is 1. The zero-order valence-electron chi connectivity index (χ0n) is 12.9. The Bertz CT molecular complexity index is 851. The van der Waals surface area contributed by atoms with Crippen molar-refractivity contribution < 1.29 is 14.6 Å². The average molecular weight is 341 g/mol. The lowest BCUT2D eigenvalue weighted by molar-refractivity contribution is -0.118. The number of hydrazone groups is 1. The van der Waals surface area contributed by atoms with Crippen LogP contribution >= 0.6 is 11.8 Å². The molecule has 1 atom stereocenters. The number of benzene rings is 2. The number of aliphatic hydroxyl groups is 1. The summed E-state index contributed by atoms with van der Waals surface area (Å²) in [6.07, 6.45) is 0. The third kappa shape index (κ3) is 2.16. The van der Waals surface area contributed by atoms with Crippen LogP contribution in [0.5, 0.6) is 5.75 Å². The van der Waals surface area contributed by atoms with E-state index in [-0.39, 0.29) is 12.5 Å². The van der Waals surface area contributed by atoms with Crippen LogP contribution in [-0.4, -0.2) is 23.2 Å². The predicted molar refractivity (Wildman–Crippen MR) is 92.9 cm³/mol. The molecule has 4 rings (SSSR count). The number of nitrogens with one attached hydrogen (secondary N) is 2. The predicted octanol–water partition coefficient (Wildman–Crippen LogP) is 1.99. The van der Waals surface area contributed by atoms with Gasteiger partial charge in [0.15, 0.2) is 0 Å². The molecule has 0 radical (unpaired) electrons. The second-order valence-corrected chi connectivity index (χ2v) is 6.74. The number of thioether (sulfide) groups is 1. The van der Waals surface area contributed by atoms with Gasteiger partial charge in [0.25, 0.3) is 5.91 Å². The number of methoxy groups -OCH3 is 1. The fourth-order valence-electron chi connectivity index (χ4n) is 2.81. The molecule has 0 bridgehead atoms. The number of rotatable bonds is 3. The van der Waals surface area contributed by atoms with Gasteiger partial charge in [0.1, 0.15) is 10.8 Å². The van der Waals surface area contributed by atoms with Crippen LogP contribution in [0.3, 0.4) is 0 Å². The number of ether oxygens (including phenoxy) is 1. The lowest BCUT2D eigenvalue weighted by Crippen LogP contribution is -2.39. The van der Waals surface area contributed by atoms with Crippen molar-refractivity contribution in [1.29, 1.82) is 0 Å². The summed E-state index contributed by atoms with van der Waals surface area (Å²) < 4.78 is 5.16. The zero-order chi connectivity index (χ0) is 16.7. The van der Waals surface area contributed by atoms with Gasteiger partial charge in [-0.25, -0.2) is 0 Å². The van der Waals surface area contributed by atoms with Gasteiger partial charge in [0, 0.05) is 16.8 Å². The van der Waals surface area contributed by atoms with Crippen molar-refractivity contribution in [3.05, 3.63) is 59.2 Å². The summed E-state index contributed by atoms with van der Waals surface area (Å²) in [6.45, 7) is -0.0750. The van der Waals surface area contributed by atoms with Gasteiger partial charge in [-0.05, 0) is 42.0 Å². The van der Waals surface area contributed by atoms with E-state index < -0.39 is 4.87 Å². The highest BCUT2D eigenvalue weighted by Crippen LogP contribution is 2.48. The second kappa shape index (κ2) is 5.54. The van der Waals surface area contributed by atoms with Crippen molar-refractivity contribution in [3.63, 3.8) is 0 Å². The second-order valence-electron chi connectivity index (χ2n) is 5.53. The first-order valence-electron chi connectivity index (χ1n) is 7.40. The highest BCUT2D eigenvalue weighted by molar-refractivity contribution is 8.16. The van der Waals surface area contributed by atoms with E-state index in [4.69, 9.17) is 4.74 Å². The van der Waals surface area contributed by atoms with Crippen molar-refractivity contribution in [2.45, 2.75) is 11.5 Å². The van der Waals surface area contributed by atoms with Crippen molar-refractivity contribution >= 4 is 28.4 Å². The maximum absolute atomic E-state index is 12.6. The number of carbonyl (C=O) groups is 1. The summed E-state index contributed by atoms with van der Waals surface area (Å²) in [7, 11) is 1.62. The third-order valence-electron chi connectivity index (χ3n) is 4.12. The number of nitrogens with zero attached hydrogens (tertiary/aromatic N) is 1. The van der Waals surface area contributed by atoms with Crippen LogP contribution < -0.4 is 15.5 Å². The Morgan fingerprint density at radius 3 is 2.75 bits per heavy atom. The van der Waals surface area contributed by atoms with Gasteiger partial charge >= 0.3 is 0 Å². The van der Waals surface area contributed by atoms with Gasteiger partial charge in [0.2, 0.25) is 4.87 Å². The Balaban J connectivity index is 1.68. The van der Waals surface area contributed by atoms with Gasteiger partial charge in [0.05, 0.1) is 13.7 Å². The van der Waals surface area contributed by atoms with E-state index in [2.05, 4.69) is 15.8 Å². The monoisotopic (exact) mass is 341 g/mol. The van der Waals surface area contributed by atoms with E-state index in [0.29, 0.717) is 0 Å². The quantitative estimate of drug-likeness (QED) is 0.795. The lowest BCUT2D eigenvalue weighted by atomic mass is 10.0. The maximum atomic E-state index is 12.6. The van der Waals surface area contributed by atoms with E-state index >= 15 is 0 Å². The van der Waals surface area contributed by atoms with Crippen molar-refractivity contribution in [2.75, 3.05) is 12.4 Å². The minimum absolute atomic E-state index is 0.0750. The van der Waals surface area contributed by atoms with Gasteiger partial charge in [-0.2, -0.15) is 5.10 Å². The molecule has 7 heteroatoms. The highest BCUT2D eigenvalue weighted by atomic mass is 32.2. The molecule has 3 N–H and O–H groups in total. The van der Waals surface area contributed by atoms with Gasteiger partial charge < -0.3 is 15.2 Å². The zero-order valence-corrected chi connectivity index (χ0v) is 13.7. The molecule has 2 aromatic rings. The van der Waals surface area contributed by atoms with Gasteiger partial charge in [-0.15, -0.1) is 0 Å². The Kier molecular flexibility index (Phi) is 3.47. The number of amides is 1. The standard InChI is InChI=1S/C17H15N3O3S/c1-23-12-5-3-11(4-6-12)15-19-20-17(24-15)13-8-10(9-21)2-7-14(13)18-16(17)22/h2-8,20-21H,9H2,1H3,(H,18,22). The summed E-state index contributed by atoms with van der Waals surface area (Å²) in [6, 6.07) is 13.0. The molecule has 0 saturated carbocycles. The van der Waals surface area contributed by atoms with Crippen LogP contribution in [-0.2, 0) is 16.3 Å². The van der Waals surface area contributed by atoms with Crippen LogP contribution in [0.25, 0.3) is 0 Å². The first kappa shape index (κ1) is 15.0. The van der Waals surface area contributed by atoms with E-state index in [9.17, 15) is 9.90 Å². The van der Waals surface area contributed by atoms with Gasteiger partial charge in [-0.1, -0.05) is 17.8 Å². The molecule has 0 saturated heterocycles. The average Bonchev–Trinajstić information content (AvgIpc) is 3.18. The van der Waals surface area contributed by atoms with Gasteiger partial charge in [-0.3, -0.25) is 10.2 Å². The van der Waals surface area contributed by atoms with Crippen LogP contribution in [0.2, 0.25) is 0 Å². The molecule has 2 aliphatic heterocycles. The van der Waals surface area contributed by atoms with E-state index in [0.717, 1.165) is 33.2 Å². The molecule has 1 spiro atoms. The molecule has 122 valence electrons. The molecule has 0 aliphatic carbocycles. The first-order valence-corrected chi connectivity index (χ1v) is 8.22. The Labute approximate surface area is 142 Å². The maximum Gasteiger partial charge on any atom is 0.267 e. The number of anilines is 1. The minimum atomic E-state index is -0.990. The van der Waals surface area contributed by atoms with Crippen molar-refractivity contribution in [2.24, 2.45) is 5.10 Å². The minimum Gasteiger partial charge on any atom is -0.497 e. The topological polar surface area (TPSA) is 83.0 Å². The fraction of sp³-hybridized carbons (Fsp3) is 0.176. The molecule has 1 unspecified atom stereocenters. The summed E-state index contributed by atoms with van der Waals surface area (Å²) in [5.74, 6) is 0.603. The smallest absolute Gasteiger partial charge is 0.267 e. The first-order chi connectivity index (χ1) is 11.7. The Morgan fingerprint density at radius 2 is 2.04 bits per heavy atom. The molecule has 0 fully saturated rings. The normalized spacial score (nSPS) is 21.2. The summed E-state index contributed by atoms with van der Waals surface area (Å²) in [5, 5.41) is 17.3. The molecule has 2 aromatic carbocycles. The molecule has 2 aliphatic rings. The molecule has 1 amide bonds. The van der Waals surface area contributed by atoms with Crippen molar-refractivity contribution in [3.8, 4) is 5.75 Å². The summed E-state index contributed by atoms with van der Waals surface area (Å²) in [4.78, 5) is 11.6. The molecule has 2 heterocycles. The van der Waals surface area contributed by atoms with Crippen LogP contribution in [0.4, 0.5) is 5.69 Å². The van der Waals surface area contributed by atoms with Crippen LogP contribution in [0.1, 0.15) is 16.7 Å².